The monoisotopic (exact) mass is 322 g/mol. The SMILES string of the molecule is Cc1c(-n2cc[n+](Cc3ccccc3Cl)c2)[nH]c2ccccc12. The van der Waals surface area contributed by atoms with Crippen molar-refractivity contribution < 1.29 is 4.57 Å². The minimum absolute atomic E-state index is 0.756. The van der Waals surface area contributed by atoms with Crippen LogP contribution in [-0.2, 0) is 6.54 Å². The number of imidazole rings is 1. The minimum Gasteiger partial charge on any atom is -0.321 e. The third-order valence-corrected chi connectivity index (χ3v) is 4.57. The standard InChI is InChI=1S/C19H17ClN3/c1-14-16-7-3-5-9-18(16)21-19(14)23-11-10-22(13-23)12-15-6-2-4-8-17(15)20/h2-11,13,21H,12H2,1H3/q+1. The highest BCUT2D eigenvalue weighted by Crippen LogP contribution is 2.23. The van der Waals surface area contributed by atoms with Gasteiger partial charge in [-0.1, -0.05) is 48.0 Å². The van der Waals surface area contributed by atoms with E-state index in [1.807, 2.05) is 18.2 Å². The molecule has 3 nitrogen and oxygen atoms in total. The number of halogens is 1. The molecule has 4 rings (SSSR count). The van der Waals surface area contributed by atoms with Crippen molar-refractivity contribution in [1.29, 1.82) is 0 Å². The van der Waals surface area contributed by atoms with Crippen LogP contribution in [0, 0.1) is 6.92 Å². The van der Waals surface area contributed by atoms with E-state index in [1.54, 1.807) is 0 Å². The van der Waals surface area contributed by atoms with Gasteiger partial charge in [0.25, 0.3) is 0 Å². The van der Waals surface area contributed by atoms with E-state index in [9.17, 15) is 0 Å². The summed E-state index contributed by atoms with van der Waals surface area (Å²) in [6.07, 6.45) is 6.21. The van der Waals surface area contributed by atoms with Gasteiger partial charge in [0.05, 0.1) is 0 Å². The molecule has 0 saturated heterocycles. The summed E-state index contributed by atoms with van der Waals surface area (Å²) >= 11 is 6.25. The molecular formula is C19H17ClN3+. The van der Waals surface area contributed by atoms with Gasteiger partial charge in [0.15, 0.2) is 0 Å². The van der Waals surface area contributed by atoms with E-state index in [2.05, 4.69) is 70.1 Å². The van der Waals surface area contributed by atoms with E-state index in [4.69, 9.17) is 11.6 Å². The summed E-state index contributed by atoms with van der Waals surface area (Å²) in [5.74, 6) is 1.10. The first-order valence-electron chi connectivity index (χ1n) is 7.60. The van der Waals surface area contributed by atoms with Crippen molar-refractivity contribution in [1.82, 2.24) is 9.55 Å². The Bertz CT molecular complexity index is 981. The molecule has 0 saturated carbocycles. The number of aryl methyl sites for hydroxylation is 1. The Balaban J connectivity index is 1.70. The molecule has 0 bridgehead atoms. The van der Waals surface area contributed by atoms with Gasteiger partial charge >= 0.3 is 0 Å². The van der Waals surface area contributed by atoms with Gasteiger partial charge in [0.1, 0.15) is 18.9 Å². The number of H-pyrrole nitrogens is 1. The lowest BCUT2D eigenvalue weighted by Gasteiger charge is -2.00. The Morgan fingerprint density at radius 1 is 1.09 bits per heavy atom. The number of nitrogens with one attached hydrogen (secondary N) is 1. The van der Waals surface area contributed by atoms with Crippen molar-refractivity contribution in [2.45, 2.75) is 13.5 Å². The molecule has 2 heterocycles. The lowest BCUT2D eigenvalue weighted by atomic mass is 10.2. The molecule has 2 aromatic carbocycles. The second-order valence-electron chi connectivity index (χ2n) is 5.73. The van der Waals surface area contributed by atoms with Crippen LogP contribution in [0.2, 0.25) is 5.02 Å². The predicted molar refractivity (Wildman–Crippen MR) is 93.1 cm³/mol. The van der Waals surface area contributed by atoms with Crippen molar-refractivity contribution in [3.8, 4) is 5.82 Å². The van der Waals surface area contributed by atoms with Crippen LogP contribution < -0.4 is 4.57 Å². The number of hydrogen-bond acceptors (Lipinski definition) is 0. The molecule has 0 spiro atoms. The van der Waals surface area contributed by atoms with Crippen molar-refractivity contribution in [2.75, 3.05) is 0 Å². The number of rotatable bonds is 3. The summed E-state index contributed by atoms with van der Waals surface area (Å²) < 4.78 is 4.25. The van der Waals surface area contributed by atoms with Gasteiger partial charge in [-0.3, -0.25) is 0 Å². The fourth-order valence-corrected chi connectivity index (χ4v) is 3.17. The zero-order valence-corrected chi connectivity index (χ0v) is 13.6. The number of aromatic nitrogens is 3. The molecule has 0 fully saturated rings. The van der Waals surface area contributed by atoms with Crippen LogP contribution in [0.4, 0.5) is 0 Å². The van der Waals surface area contributed by atoms with Crippen LogP contribution in [0.25, 0.3) is 16.7 Å². The first-order valence-corrected chi connectivity index (χ1v) is 7.98. The largest absolute Gasteiger partial charge is 0.321 e. The van der Waals surface area contributed by atoms with Gasteiger partial charge in [-0.05, 0) is 19.1 Å². The number of fused-ring (bicyclic) bond motifs is 1. The van der Waals surface area contributed by atoms with Gasteiger partial charge in [0, 0.05) is 27.1 Å². The maximum atomic E-state index is 6.25. The number of para-hydroxylation sites is 1. The van der Waals surface area contributed by atoms with Gasteiger partial charge in [-0.25, -0.2) is 4.57 Å². The first kappa shape index (κ1) is 14.1. The second kappa shape index (κ2) is 5.60. The molecule has 114 valence electrons. The second-order valence-corrected chi connectivity index (χ2v) is 6.14. The van der Waals surface area contributed by atoms with Crippen LogP contribution in [-0.4, -0.2) is 9.55 Å². The van der Waals surface area contributed by atoms with E-state index in [1.165, 1.54) is 10.9 Å². The molecular weight excluding hydrogens is 306 g/mol. The Kier molecular flexibility index (Phi) is 3.43. The van der Waals surface area contributed by atoms with E-state index in [0.717, 1.165) is 28.5 Å². The van der Waals surface area contributed by atoms with Crippen molar-refractivity contribution in [3.05, 3.63) is 83.4 Å². The summed E-state index contributed by atoms with van der Waals surface area (Å²) in [5.41, 5.74) is 3.53. The highest BCUT2D eigenvalue weighted by atomic mass is 35.5. The van der Waals surface area contributed by atoms with Crippen LogP contribution >= 0.6 is 11.6 Å². The third-order valence-electron chi connectivity index (χ3n) is 4.20. The minimum atomic E-state index is 0.756. The topological polar surface area (TPSA) is 24.6 Å². The maximum absolute atomic E-state index is 6.25. The molecule has 2 aromatic heterocycles. The van der Waals surface area contributed by atoms with Crippen molar-refractivity contribution in [3.63, 3.8) is 0 Å². The molecule has 0 aliphatic rings. The summed E-state index contributed by atoms with van der Waals surface area (Å²) in [4.78, 5) is 3.49. The van der Waals surface area contributed by atoms with E-state index < -0.39 is 0 Å². The Morgan fingerprint density at radius 3 is 2.70 bits per heavy atom. The van der Waals surface area contributed by atoms with Gasteiger partial charge in [0.2, 0.25) is 12.1 Å². The fourth-order valence-electron chi connectivity index (χ4n) is 2.97. The van der Waals surface area contributed by atoms with E-state index in [0.29, 0.717) is 0 Å². The molecule has 1 N–H and O–H groups in total. The molecule has 4 aromatic rings. The van der Waals surface area contributed by atoms with Gasteiger partial charge < -0.3 is 4.98 Å². The Hall–Kier alpha value is -2.52. The average molecular weight is 323 g/mol. The molecule has 0 aliphatic carbocycles. The number of nitrogens with zero attached hydrogens (tertiary/aromatic N) is 2. The molecule has 4 heteroatoms. The molecule has 23 heavy (non-hydrogen) atoms. The zero-order valence-electron chi connectivity index (χ0n) is 12.8. The third kappa shape index (κ3) is 2.53. The number of hydrogen-bond donors (Lipinski definition) is 1. The number of benzene rings is 2. The summed E-state index contributed by atoms with van der Waals surface area (Å²) in [7, 11) is 0. The summed E-state index contributed by atoms with van der Waals surface area (Å²) in [5, 5.41) is 2.06. The molecule has 0 atom stereocenters. The van der Waals surface area contributed by atoms with Crippen LogP contribution in [0.1, 0.15) is 11.1 Å². The Labute approximate surface area is 139 Å². The van der Waals surface area contributed by atoms with Crippen molar-refractivity contribution >= 4 is 22.5 Å². The van der Waals surface area contributed by atoms with E-state index >= 15 is 0 Å². The van der Waals surface area contributed by atoms with Crippen LogP contribution in [0.15, 0.2) is 67.3 Å². The lowest BCUT2D eigenvalue weighted by Crippen LogP contribution is -2.31. The first-order chi connectivity index (χ1) is 11.2. The Morgan fingerprint density at radius 2 is 1.87 bits per heavy atom. The highest BCUT2D eigenvalue weighted by molar-refractivity contribution is 6.31. The highest BCUT2D eigenvalue weighted by Gasteiger charge is 2.15. The zero-order chi connectivity index (χ0) is 15.8. The fraction of sp³-hybridized carbons (Fsp3) is 0.105. The quantitative estimate of drug-likeness (QED) is 0.545. The maximum Gasteiger partial charge on any atom is 0.250 e. The lowest BCUT2D eigenvalue weighted by molar-refractivity contribution is -0.687. The van der Waals surface area contributed by atoms with Crippen molar-refractivity contribution in [2.24, 2.45) is 0 Å². The summed E-state index contributed by atoms with van der Waals surface area (Å²) in [6, 6.07) is 16.3. The average Bonchev–Trinajstić information content (AvgIpc) is 3.15. The van der Waals surface area contributed by atoms with Gasteiger partial charge in [-0.2, -0.15) is 4.57 Å². The molecule has 0 radical (unpaired) electrons. The normalized spacial score (nSPS) is 11.2. The smallest absolute Gasteiger partial charge is 0.250 e. The van der Waals surface area contributed by atoms with E-state index in [-0.39, 0.29) is 0 Å². The molecule has 0 unspecified atom stereocenters. The molecule has 0 aliphatic heterocycles. The predicted octanol–water partition coefficient (Wildman–Crippen LogP) is 4.26. The van der Waals surface area contributed by atoms with Gasteiger partial charge in [-0.15, -0.1) is 0 Å². The van der Waals surface area contributed by atoms with Crippen LogP contribution in [0.5, 0.6) is 0 Å². The number of aromatic amines is 1. The molecule has 0 amide bonds. The summed E-state index contributed by atoms with van der Waals surface area (Å²) in [6.45, 7) is 2.90. The van der Waals surface area contributed by atoms with Crippen LogP contribution in [0.3, 0.4) is 0 Å².